The average molecular weight is 360 g/mol. The smallest absolute Gasteiger partial charge is 0.269 e. The second-order valence-corrected chi connectivity index (χ2v) is 5.83. The molecule has 1 unspecified atom stereocenters. The van der Waals surface area contributed by atoms with E-state index in [1.807, 2.05) is 30.3 Å². The quantitative estimate of drug-likeness (QED) is 0.589. The Morgan fingerprint density at radius 3 is 2.62 bits per heavy atom. The first kappa shape index (κ1) is 19.5. The molecule has 1 aromatic carbocycles. The van der Waals surface area contributed by atoms with Crippen LogP contribution in [0.4, 0.5) is 0 Å². The van der Waals surface area contributed by atoms with Gasteiger partial charge in [-0.25, -0.2) is 0 Å². The molecule has 0 saturated carbocycles. The zero-order chi connectivity index (χ0) is 18.9. The topological polar surface area (TPSA) is 105 Å². The van der Waals surface area contributed by atoms with Gasteiger partial charge in [0.05, 0.1) is 0 Å². The van der Waals surface area contributed by atoms with Crippen LogP contribution in [-0.4, -0.2) is 40.9 Å². The van der Waals surface area contributed by atoms with Gasteiger partial charge in [-0.05, 0) is 12.5 Å². The highest BCUT2D eigenvalue weighted by Crippen LogP contribution is 2.01. The summed E-state index contributed by atoms with van der Waals surface area (Å²) in [7, 11) is 1.59. The Kier molecular flexibility index (Phi) is 7.16. The summed E-state index contributed by atoms with van der Waals surface area (Å²) in [4.78, 5) is 36.6. The van der Waals surface area contributed by atoms with Gasteiger partial charge in [0.25, 0.3) is 5.56 Å². The van der Waals surface area contributed by atoms with E-state index in [0.29, 0.717) is 18.7 Å². The Morgan fingerprint density at radius 2 is 2.00 bits per heavy atom. The summed E-state index contributed by atoms with van der Waals surface area (Å²) in [6.07, 6.45) is 1.63. The number of carbonyl (C=O) groups excluding carboxylic acids is 2. The number of amides is 2. The third-order valence-electron chi connectivity index (χ3n) is 3.83. The highest BCUT2D eigenvalue weighted by atomic mass is 16.5. The van der Waals surface area contributed by atoms with Gasteiger partial charge >= 0.3 is 0 Å². The van der Waals surface area contributed by atoms with Crippen LogP contribution < -0.4 is 16.2 Å². The molecule has 26 heavy (non-hydrogen) atoms. The second-order valence-electron chi connectivity index (χ2n) is 5.83. The molecule has 3 N–H and O–H groups in total. The Hall–Kier alpha value is -2.87. The molecule has 8 heteroatoms. The van der Waals surface area contributed by atoms with E-state index in [1.54, 1.807) is 14.0 Å². The molecule has 0 aliphatic carbocycles. The molecule has 1 heterocycles. The number of benzene rings is 1. The Labute approximate surface area is 151 Å². The fourth-order valence-electron chi connectivity index (χ4n) is 2.42. The van der Waals surface area contributed by atoms with E-state index in [9.17, 15) is 14.4 Å². The van der Waals surface area contributed by atoms with Crippen LogP contribution >= 0.6 is 0 Å². The summed E-state index contributed by atoms with van der Waals surface area (Å²) in [5.41, 5.74) is 1.13. The van der Waals surface area contributed by atoms with Crippen LogP contribution in [0.5, 0.6) is 0 Å². The molecule has 0 aliphatic heterocycles. The van der Waals surface area contributed by atoms with Crippen LogP contribution in [0.1, 0.15) is 18.1 Å². The van der Waals surface area contributed by atoms with Crippen molar-refractivity contribution in [3.63, 3.8) is 0 Å². The van der Waals surface area contributed by atoms with E-state index in [0.717, 1.165) is 5.56 Å². The minimum Gasteiger partial charge on any atom is -0.372 e. The molecule has 0 radical (unpaired) electrons. The molecule has 140 valence electrons. The standard InChI is InChI=1S/C18H24N4O4/c1-3-26-12-16(23)21-15(9-14-11-20-22(2)18(14)25)17(24)19-10-13-7-5-4-6-8-13/h4-8,11,15,20H,3,9-10,12H2,1-2H3,(H,19,24)(H,21,23). The monoisotopic (exact) mass is 360 g/mol. The number of nitrogens with zero attached hydrogens (tertiary/aromatic N) is 1. The lowest BCUT2D eigenvalue weighted by Crippen LogP contribution is -2.49. The fraction of sp³-hybridized carbons (Fsp3) is 0.389. The maximum Gasteiger partial charge on any atom is 0.269 e. The number of H-pyrrole nitrogens is 1. The van der Waals surface area contributed by atoms with Crippen LogP contribution in [0.2, 0.25) is 0 Å². The molecule has 2 rings (SSSR count). The predicted octanol–water partition coefficient (Wildman–Crippen LogP) is 0.0936. The van der Waals surface area contributed by atoms with Gasteiger partial charge in [0.2, 0.25) is 11.8 Å². The van der Waals surface area contributed by atoms with Gasteiger partial charge in [0.15, 0.2) is 0 Å². The van der Waals surface area contributed by atoms with E-state index in [1.165, 1.54) is 10.9 Å². The number of aryl methyl sites for hydroxylation is 1. The molecular weight excluding hydrogens is 336 g/mol. The van der Waals surface area contributed by atoms with Gasteiger partial charge in [-0.15, -0.1) is 0 Å². The summed E-state index contributed by atoms with van der Waals surface area (Å²) in [5.74, 6) is -0.763. The third-order valence-corrected chi connectivity index (χ3v) is 3.83. The molecule has 2 aromatic rings. The number of ether oxygens (including phenoxy) is 1. The first-order chi connectivity index (χ1) is 12.5. The third kappa shape index (κ3) is 5.59. The van der Waals surface area contributed by atoms with Crippen molar-refractivity contribution in [2.75, 3.05) is 13.2 Å². The molecule has 8 nitrogen and oxygen atoms in total. The molecule has 1 atom stereocenters. The van der Waals surface area contributed by atoms with E-state index in [2.05, 4.69) is 15.7 Å². The van der Waals surface area contributed by atoms with Crippen molar-refractivity contribution < 1.29 is 14.3 Å². The largest absolute Gasteiger partial charge is 0.372 e. The van der Waals surface area contributed by atoms with Crippen LogP contribution in [-0.2, 0) is 34.3 Å². The molecule has 1 aromatic heterocycles. The lowest BCUT2D eigenvalue weighted by Gasteiger charge is -2.18. The lowest BCUT2D eigenvalue weighted by molar-refractivity contribution is -0.131. The van der Waals surface area contributed by atoms with Crippen molar-refractivity contribution in [1.29, 1.82) is 0 Å². The normalized spacial score (nSPS) is 11.8. The Morgan fingerprint density at radius 1 is 1.27 bits per heavy atom. The number of rotatable bonds is 9. The van der Waals surface area contributed by atoms with Crippen LogP contribution in [0.3, 0.4) is 0 Å². The van der Waals surface area contributed by atoms with Crippen molar-refractivity contribution in [3.8, 4) is 0 Å². The first-order valence-corrected chi connectivity index (χ1v) is 8.43. The van der Waals surface area contributed by atoms with Crippen LogP contribution in [0.15, 0.2) is 41.3 Å². The van der Waals surface area contributed by atoms with E-state index < -0.39 is 11.9 Å². The number of hydrogen-bond donors (Lipinski definition) is 3. The summed E-state index contributed by atoms with van der Waals surface area (Å²) in [6.45, 7) is 2.38. The van der Waals surface area contributed by atoms with E-state index in [-0.39, 0.29) is 24.5 Å². The zero-order valence-corrected chi connectivity index (χ0v) is 15.0. The van der Waals surface area contributed by atoms with Crippen molar-refractivity contribution in [3.05, 3.63) is 58.0 Å². The highest BCUT2D eigenvalue weighted by molar-refractivity contribution is 5.88. The fourth-order valence-corrected chi connectivity index (χ4v) is 2.42. The van der Waals surface area contributed by atoms with Gasteiger partial charge < -0.3 is 20.5 Å². The highest BCUT2D eigenvalue weighted by Gasteiger charge is 2.23. The predicted molar refractivity (Wildman–Crippen MR) is 96.5 cm³/mol. The lowest BCUT2D eigenvalue weighted by atomic mass is 10.1. The minimum atomic E-state index is -0.866. The molecular formula is C18H24N4O4. The van der Waals surface area contributed by atoms with Crippen molar-refractivity contribution in [2.24, 2.45) is 7.05 Å². The maximum absolute atomic E-state index is 12.6. The molecule has 0 fully saturated rings. The van der Waals surface area contributed by atoms with Crippen molar-refractivity contribution in [2.45, 2.75) is 25.9 Å². The Balaban J connectivity index is 2.05. The van der Waals surface area contributed by atoms with Crippen molar-refractivity contribution in [1.82, 2.24) is 20.4 Å². The Bertz CT molecular complexity index is 782. The van der Waals surface area contributed by atoms with Gasteiger partial charge in [-0.3, -0.25) is 19.1 Å². The second kappa shape index (κ2) is 9.57. The number of aromatic nitrogens is 2. The number of hydrogen-bond acceptors (Lipinski definition) is 4. The maximum atomic E-state index is 12.6. The van der Waals surface area contributed by atoms with Gasteiger partial charge in [-0.1, -0.05) is 30.3 Å². The molecule has 2 amide bonds. The SMILES string of the molecule is CCOCC(=O)NC(Cc1c[nH]n(C)c1=O)C(=O)NCc1ccccc1. The summed E-state index contributed by atoms with van der Waals surface area (Å²) in [6, 6.07) is 8.58. The van der Waals surface area contributed by atoms with Gasteiger partial charge in [0.1, 0.15) is 12.6 Å². The zero-order valence-electron chi connectivity index (χ0n) is 15.0. The molecule has 0 bridgehead atoms. The summed E-state index contributed by atoms with van der Waals surface area (Å²) in [5, 5.41) is 8.19. The number of carbonyl (C=O) groups is 2. The first-order valence-electron chi connectivity index (χ1n) is 8.43. The van der Waals surface area contributed by atoms with Crippen LogP contribution in [0.25, 0.3) is 0 Å². The number of nitrogens with one attached hydrogen (secondary N) is 3. The molecule has 0 spiro atoms. The van der Waals surface area contributed by atoms with Gasteiger partial charge in [0, 0.05) is 38.4 Å². The van der Waals surface area contributed by atoms with Gasteiger partial charge in [-0.2, -0.15) is 0 Å². The number of aromatic amines is 1. The van der Waals surface area contributed by atoms with Crippen molar-refractivity contribution >= 4 is 11.8 Å². The summed E-state index contributed by atoms with van der Waals surface area (Å²) >= 11 is 0. The minimum absolute atomic E-state index is 0.0919. The molecule has 0 saturated heterocycles. The van der Waals surface area contributed by atoms with E-state index >= 15 is 0 Å². The van der Waals surface area contributed by atoms with Crippen LogP contribution in [0, 0.1) is 0 Å². The molecule has 0 aliphatic rings. The van der Waals surface area contributed by atoms with E-state index in [4.69, 9.17) is 4.74 Å². The average Bonchev–Trinajstić information content (AvgIpc) is 2.96. The summed E-state index contributed by atoms with van der Waals surface area (Å²) < 4.78 is 6.38.